The summed E-state index contributed by atoms with van der Waals surface area (Å²) in [6.45, 7) is 0.425. The summed E-state index contributed by atoms with van der Waals surface area (Å²) in [7, 11) is 0. The molecule has 2 aromatic heterocycles. The van der Waals surface area contributed by atoms with E-state index >= 15 is 0 Å². The van der Waals surface area contributed by atoms with Gasteiger partial charge >= 0.3 is 0 Å². The van der Waals surface area contributed by atoms with Crippen LogP contribution in [0.4, 0.5) is 5.69 Å². The fourth-order valence-corrected chi connectivity index (χ4v) is 3.26. The summed E-state index contributed by atoms with van der Waals surface area (Å²) < 4.78 is 0. The number of hydrogen-bond acceptors (Lipinski definition) is 5. The predicted octanol–water partition coefficient (Wildman–Crippen LogP) is 2.68. The molecule has 6 nitrogen and oxygen atoms in total. The van der Waals surface area contributed by atoms with E-state index in [1.165, 1.54) is 0 Å². The Morgan fingerprint density at radius 2 is 1.92 bits per heavy atom. The number of nitrogens with two attached hydrogens (primary N) is 1. The number of benzene rings is 1. The molecule has 0 radical (unpaired) electrons. The molecule has 1 aromatic carbocycles. The Labute approximate surface area is 143 Å². The second-order valence-electron chi connectivity index (χ2n) is 5.96. The molecule has 2 N–H and O–H groups in total. The molecule has 0 fully saturated rings. The summed E-state index contributed by atoms with van der Waals surface area (Å²) in [4.78, 5) is 27.8. The molecule has 1 aliphatic carbocycles. The molecule has 6 heteroatoms. The SMILES string of the molecule is Nc1c2c(nc3c(-c4ncccn4)cccc13)CN(C1=CC=C1)C2=O. The normalized spacial score (nSPS) is 15.3. The Morgan fingerprint density at radius 1 is 1.12 bits per heavy atom. The van der Waals surface area contributed by atoms with Crippen LogP contribution in [0.2, 0.25) is 0 Å². The summed E-state index contributed by atoms with van der Waals surface area (Å²) in [6, 6.07) is 7.45. The number of allylic oxidation sites excluding steroid dienone is 3. The number of carbonyl (C=O) groups is 1. The van der Waals surface area contributed by atoms with E-state index in [1.54, 1.807) is 23.4 Å². The standard InChI is InChI=1S/C19H13N5O/c20-16-12-6-2-7-13(18-21-8-3-9-22-18)17(12)23-14-10-24(11-4-1-5-11)19(25)15(14)16/h1-9H,10H2,(H2,20,23). The van der Waals surface area contributed by atoms with Crippen LogP contribution in [-0.4, -0.2) is 25.8 Å². The highest BCUT2D eigenvalue weighted by atomic mass is 16.2. The third kappa shape index (κ3) is 1.91. The molecule has 25 heavy (non-hydrogen) atoms. The van der Waals surface area contributed by atoms with Crippen molar-refractivity contribution in [2.24, 2.45) is 0 Å². The van der Waals surface area contributed by atoms with Gasteiger partial charge in [0.25, 0.3) is 5.91 Å². The maximum absolute atomic E-state index is 12.8. The van der Waals surface area contributed by atoms with Crippen LogP contribution >= 0.6 is 0 Å². The number of carbonyl (C=O) groups excluding carboxylic acids is 1. The fraction of sp³-hybridized carbons (Fsp3) is 0.0526. The van der Waals surface area contributed by atoms with Crippen LogP contribution in [0.1, 0.15) is 16.1 Å². The van der Waals surface area contributed by atoms with Crippen LogP contribution < -0.4 is 5.73 Å². The van der Waals surface area contributed by atoms with Gasteiger partial charge in [0.2, 0.25) is 0 Å². The summed E-state index contributed by atoms with van der Waals surface area (Å²) in [5.41, 5.74) is 10.4. The number of fused-ring (bicyclic) bond motifs is 2. The zero-order valence-corrected chi connectivity index (χ0v) is 13.2. The van der Waals surface area contributed by atoms with Crippen LogP contribution in [0.25, 0.3) is 22.3 Å². The molecule has 0 atom stereocenters. The zero-order valence-electron chi connectivity index (χ0n) is 13.2. The van der Waals surface area contributed by atoms with Crippen molar-refractivity contribution in [3.8, 4) is 11.4 Å². The van der Waals surface area contributed by atoms with Crippen LogP contribution in [0.15, 0.2) is 60.6 Å². The molecule has 0 unspecified atom stereocenters. The van der Waals surface area contributed by atoms with Crippen molar-refractivity contribution in [3.63, 3.8) is 0 Å². The first-order valence-corrected chi connectivity index (χ1v) is 7.93. The van der Waals surface area contributed by atoms with Crippen LogP contribution in [0.3, 0.4) is 0 Å². The van der Waals surface area contributed by atoms with E-state index < -0.39 is 0 Å². The molecular formula is C19H13N5O. The van der Waals surface area contributed by atoms with Gasteiger partial charge in [0.15, 0.2) is 5.82 Å². The number of nitrogen functional groups attached to an aromatic ring is 1. The lowest BCUT2D eigenvalue weighted by Gasteiger charge is -2.19. The van der Waals surface area contributed by atoms with E-state index in [2.05, 4.69) is 9.97 Å². The smallest absolute Gasteiger partial charge is 0.262 e. The van der Waals surface area contributed by atoms with E-state index in [0.29, 0.717) is 29.3 Å². The molecule has 3 aromatic rings. The lowest BCUT2D eigenvalue weighted by molar-refractivity contribution is 0.0831. The number of aromatic nitrogens is 3. The first-order chi connectivity index (χ1) is 12.2. The number of rotatable bonds is 2. The highest BCUT2D eigenvalue weighted by molar-refractivity contribution is 6.11. The van der Waals surface area contributed by atoms with Gasteiger partial charge < -0.3 is 10.6 Å². The fourth-order valence-electron chi connectivity index (χ4n) is 3.26. The number of nitrogens with zero attached hydrogens (tertiary/aromatic N) is 4. The van der Waals surface area contributed by atoms with Gasteiger partial charge in [0, 0.05) is 29.0 Å². The van der Waals surface area contributed by atoms with Crippen LogP contribution in [0.5, 0.6) is 0 Å². The monoisotopic (exact) mass is 327 g/mol. The van der Waals surface area contributed by atoms with Gasteiger partial charge in [-0.25, -0.2) is 15.0 Å². The van der Waals surface area contributed by atoms with Crippen molar-refractivity contribution in [1.29, 1.82) is 0 Å². The first kappa shape index (κ1) is 13.9. The van der Waals surface area contributed by atoms with E-state index in [0.717, 1.165) is 22.2 Å². The minimum absolute atomic E-state index is 0.0983. The molecule has 120 valence electrons. The molecule has 5 rings (SSSR count). The average molecular weight is 327 g/mol. The number of hydrogen-bond donors (Lipinski definition) is 1. The molecule has 2 aliphatic rings. The number of pyridine rings is 1. The molecule has 1 aliphatic heterocycles. The molecule has 0 bridgehead atoms. The highest BCUT2D eigenvalue weighted by Crippen LogP contribution is 2.37. The van der Waals surface area contributed by atoms with Crippen LogP contribution in [-0.2, 0) is 6.54 Å². The van der Waals surface area contributed by atoms with Crippen molar-refractivity contribution in [3.05, 3.63) is 71.8 Å². The van der Waals surface area contributed by atoms with Gasteiger partial charge in [-0.1, -0.05) is 18.2 Å². The molecule has 0 spiro atoms. The van der Waals surface area contributed by atoms with Crippen molar-refractivity contribution in [1.82, 2.24) is 19.9 Å². The van der Waals surface area contributed by atoms with Gasteiger partial charge in [0.1, 0.15) is 0 Å². The Balaban J connectivity index is 1.74. The van der Waals surface area contributed by atoms with Crippen molar-refractivity contribution >= 4 is 22.5 Å². The van der Waals surface area contributed by atoms with E-state index in [4.69, 9.17) is 10.7 Å². The lowest BCUT2D eigenvalue weighted by atomic mass is 10.0. The zero-order chi connectivity index (χ0) is 17.0. The molecular weight excluding hydrogens is 314 g/mol. The summed E-state index contributed by atoms with van der Waals surface area (Å²) in [5, 5.41) is 0.747. The van der Waals surface area contributed by atoms with Crippen molar-refractivity contribution < 1.29 is 4.79 Å². The lowest BCUT2D eigenvalue weighted by Crippen LogP contribution is -2.24. The number of anilines is 1. The Hall–Kier alpha value is -3.54. The summed E-state index contributed by atoms with van der Waals surface area (Å²) in [6.07, 6.45) is 9.10. The molecule has 1 amide bonds. The number of para-hydroxylation sites is 1. The van der Waals surface area contributed by atoms with Crippen molar-refractivity contribution in [2.45, 2.75) is 6.54 Å². The van der Waals surface area contributed by atoms with Gasteiger partial charge in [-0.05, 0) is 24.3 Å². The van der Waals surface area contributed by atoms with Gasteiger partial charge in [0.05, 0.1) is 29.0 Å². The third-order valence-electron chi connectivity index (χ3n) is 4.55. The maximum Gasteiger partial charge on any atom is 0.262 e. The highest BCUT2D eigenvalue weighted by Gasteiger charge is 2.34. The molecule has 0 saturated carbocycles. The van der Waals surface area contributed by atoms with E-state index in [1.807, 2.05) is 36.4 Å². The topological polar surface area (TPSA) is 85.0 Å². The average Bonchev–Trinajstić information content (AvgIpc) is 2.91. The number of amides is 1. The van der Waals surface area contributed by atoms with Gasteiger partial charge in [-0.2, -0.15) is 0 Å². The van der Waals surface area contributed by atoms with Crippen LogP contribution in [0, 0.1) is 0 Å². The molecule has 0 saturated heterocycles. The Kier molecular flexibility index (Phi) is 2.76. The van der Waals surface area contributed by atoms with E-state index in [-0.39, 0.29) is 5.91 Å². The molecule has 3 heterocycles. The summed E-state index contributed by atoms with van der Waals surface area (Å²) >= 11 is 0. The van der Waals surface area contributed by atoms with Gasteiger partial charge in [-0.15, -0.1) is 0 Å². The van der Waals surface area contributed by atoms with E-state index in [9.17, 15) is 4.79 Å². The second-order valence-corrected chi connectivity index (χ2v) is 5.96. The van der Waals surface area contributed by atoms with Gasteiger partial charge in [-0.3, -0.25) is 4.79 Å². The Morgan fingerprint density at radius 3 is 2.64 bits per heavy atom. The summed E-state index contributed by atoms with van der Waals surface area (Å²) in [5.74, 6) is 0.490. The Bertz CT molecular complexity index is 1100. The first-order valence-electron chi connectivity index (χ1n) is 7.93. The third-order valence-corrected chi connectivity index (χ3v) is 4.55. The minimum atomic E-state index is -0.0983. The maximum atomic E-state index is 12.8. The quantitative estimate of drug-likeness (QED) is 0.782. The largest absolute Gasteiger partial charge is 0.397 e. The minimum Gasteiger partial charge on any atom is -0.397 e. The predicted molar refractivity (Wildman–Crippen MR) is 94.3 cm³/mol. The van der Waals surface area contributed by atoms with Crippen molar-refractivity contribution in [2.75, 3.05) is 5.73 Å². The second kappa shape index (κ2) is 4.98.